The van der Waals surface area contributed by atoms with Crippen LogP contribution in [-0.2, 0) is 19.3 Å². The molecule has 1 amide bonds. The third-order valence-electron chi connectivity index (χ3n) is 4.42. The number of halogens is 3. The highest BCUT2D eigenvalue weighted by atomic mass is 19.4. The van der Waals surface area contributed by atoms with Crippen LogP contribution in [-0.4, -0.2) is 27.2 Å². The van der Waals surface area contributed by atoms with Gasteiger partial charge in [-0.25, -0.2) is 0 Å². The van der Waals surface area contributed by atoms with E-state index in [1.807, 2.05) is 0 Å². The lowest BCUT2D eigenvalue weighted by atomic mass is 10.3. The fourth-order valence-electron chi connectivity index (χ4n) is 2.85. The van der Waals surface area contributed by atoms with Gasteiger partial charge in [0.05, 0.1) is 4.92 Å². The SMILES string of the molecule is Cc1cc(C(F)(F)F)nn1CCCNC(=O)c1ccc(COc2ccccc2[N+](=O)[O-])o1. The molecule has 0 unspecified atom stereocenters. The number of ether oxygens (including phenoxy) is 1. The van der Waals surface area contributed by atoms with E-state index in [1.165, 1.54) is 41.9 Å². The first-order valence-corrected chi connectivity index (χ1v) is 9.50. The molecular formula is C20H19F3N4O5. The molecule has 12 heteroatoms. The number of hydrogen-bond donors (Lipinski definition) is 1. The van der Waals surface area contributed by atoms with Crippen LogP contribution in [0, 0.1) is 17.0 Å². The van der Waals surface area contributed by atoms with E-state index in [2.05, 4.69) is 10.4 Å². The van der Waals surface area contributed by atoms with Crippen molar-refractivity contribution in [3.05, 3.63) is 75.5 Å². The second-order valence-electron chi connectivity index (χ2n) is 6.78. The fraction of sp³-hybridized carbons (Fsp3) is 0.300. The Morgan fingerprint density at radius 3 is 2.72 bits per heavy atom. The molecule has 170 valence electrons. The summed E-state index contributed by atoms with van der Waals surface area (Å²) in [6.07, 6.45) is -4.14. The van der Waals surface area contributed by atoms with Crippen molar-refractivity contribution in [3.8, 4) is 5.75 Å². The number of para-hydroxylation sites is 2. The van der Waals surface area contributed by atoms with E-state index in [9.17, 15) is 28.1 Å². The number of nitrogens with one attached hydrogen (secondary N) is 1. The number of amides is 1. The van der Waals surface area contributed by atoms with E-state index >= 15 is 0 Å². The van der Waals surface area contributed by atoms with Gasteiger partial charge >= 0.3 is 11.9 Å². The van der Waals surface area contributed by atoms with Crippen molar-refractivity contribution in [1.29, 1.82) is 0 Å². The van der Waals surface area contributed by atoms with Crippen molar-refractivity contribution in [3.63, 3.8) is 0 Å². The molecule has 0 saturated carbocycles. The lowest BCUT2D eigenvalue weighted by Gasteiger charge is -2.06. The zero-order valence-corrected chi connectivity index (χ0v) is 16.9. The van der Waals surface area contributed by atoms with E-state index in [-0.39, 0.29) is 36.9 Å². The Kier molecular flexibility index (Phi) is 6.81. The Bertz CT molecular complexity index is 1110. The van der Waals surface area contributed by atoms with Crippen molar-refractivity contribution >= 4 is 11.6 Å². The molecule has 32 heavy (non-hydrogen) atoms. The first kappa shape index (κ1) is 22.8. The molecule has 0 fully saturated rings. The number of hydrogen-bond acceptors (Lipinski definition) is 6. The maximum Gasteiger partial charge on any atom is 0.435 e. The van der Waals surface area contributed by atoms with Crippen LogP contribution in [0.1, 0.15) is 34.1 Å². The first-order chi connectivity index (χ1) is 15.1. The summed E-state index contributed by atoms with van der Waals surface area (Å²) in [7, 11) is 0. The lowest BCUT2D eigenvalue weighted by Crippen LogP contribution is -2.25. The van der Waals surface area contributed by atoms with Crippen LogP contribution in [0.2, 0.25) is 0 Å². The molecule has 1 N–H and O–H groups in total. The van der Waals surface area contributed by atoms with Crippen molar-refractivity contribution in [2.45, 2.75) is 32.7 Å². The standard InChI is InChI=1S/C20H19F3N4O5/c1-13-11-18(20(21,22)23)25-26(13)10-4-9-24-19(28)17-8-7-14(32-17)12-31-16-6-3-2-5-15(16)27(29)30/h2-3,5-8,11H,4,9-10,12H2,1H3,(H,24,28). The van der Waals surface area contributed by atoms with Crippen LogP contribution in [0.25, 0.3) is 0 Å². The van der Waals surface area contributed by atoms with Gasteiger partial charge in [0, 0.05) is 24.8 Å². The van der Waals surface area contributed by atoms with Gasteiger partial charge in [0.25, 0.3) is 5.91 Å². The molecule has 0 aliphatic carbocycles. The summed E-state index contributed by atoms with van der Waals surface area (Å²) in [5.41, 5.74) is -0.769. The van der Waals surface area contributed by atoms with Gasteiger partial charge in [0.1, 0.15) is 12.4 Å². The number of aryl methyl sites for hydroxylation is 2. The summed E-state index contributed by atoms with van der Waals surface area (Å²) in [6.45, 7) is 1.81. The molecular weight excluding hydrogens is 433 g/mol. The lowest BCUT2D eigenvalue weighted by molar-refractivity contribution is -0.386. The summed E-state index contributed by atoms with van der Waals surface area (Å²) < 4.78 is 50.1. The highest BCUT2D eigenvalue weighted by molar-refractivity contribution is 5.91. The summed E-state index contributed by atoms with van der Waals surface area (Å²) in [6, 6.07) is 9.78. The van der Waals surface area contributed by atoms with Gasteiger partial charge in [-0.15, -0.1) is 0 Å². The number of nitro groups is 1. The number of alkyl halides is 3. The molecule has 0 spiro atoms. The molecule has 2 aromatic heterocycles. The van der Waals surface area contributed by atoms with Gasteiger partial charge in [-0.1, -0.05) is 12.1 Å². The molecule has 3 rings (SSSR count). The monoisotopic (exact) mass is 452 g/mol. The first-order valence-electron chi connectivity index (χ1n) is 9.50. The van der Waals surface area contributed by atoms with Gasteiger partial charge in [0.2, 0.25) is 0 Å². The van der Waals surface area contributed by atoms with E-state index in [0.29, 0.717) is 17.9 Å². The zero-order valence-electron chi connectivity index (χ0n) is 16.9. The minimum atomic E-state index is -4.50. The van der Waals surface area contributed by atoms with E-state index in [1.54, 1.807) is 6.07 Å². The van der Waals surface area contributed by atoms with Gasteiger partial charge in [-0.3, -0.25) is 19.6 Å². The highest BCUT2D eigenvalue weighted by Gasteiger charge is 2.34. The highest BCUT2D eigenvalue weighted by Crippen LogP contribution is 2.28. The number of carbonyl (C=O) groups excluding carboxylic acids is 1. The fourth-order valence-corrected chi connectivity index (χ4v) is 2.85. The summed E-state index contributed by atoms with van der Waals surface area (Å²) in [4.78, 5) is 22.6. The van der Waals surface area contributed by atoms with Crippen molar-refractivity contribution in [2.24, 2.45) is 0 Å². The van der Waals surface area contributed by atoms with E-state index < -0.39 is 22.7 Å². The maximum absolute atomic E-state index is 12.7. The Balaban J connectivity index is 1.47. The Hall–Kier alpha value is -3.83. The van der Waals surface area contributed by atoms with Crippen LogP contribution in [0.15, 0.2) is 46.9 Å². The van der Waals surface area contributed by atoms with Crippen LogP contribution in [0.4, 0.5) is 18.9 Å². The van der Waals surface area contributed by atoms with Crippen LogP contribution in [0.5, 0.6) is 5.75 Å². The molecule has 0 atom stereocenters. The molecule has 0 radical (unpaired) electrons. The number of benzene rings is 1. The van der Waals surface area contributed by atoms with Gasteiger partial charge in [-0.05, 0) is 37.6 Å². The predicted molar refractivity (Wildman–Crippen MR) is 105 cm³/mol. The minimum absolute atomic E-state index is 0.0146. The zero-order chi connectivity index (χ0) is 23.3. The largest absolute Gasteiger partial charge is 0.479 e. The predicted octanol–water partition coefficient (Wildman–Crippen LogP) is 4.11. The molecule has 0 aliphatic rings. The van der Waals surface area contributed by atoms with Crippen LogP contribution in [0.3, 0.4) is 0 Å². The second-order valence-corrected chi connectivity index (χ2v) is 6.78. The number of nitrogens with zero attached hydrogens (tertiary/aromatic N) is 3. The maximum atomic E-state index is 12.7. The van der Waals surface area contributed by atoms with E-state index in [0.717, 1.165) is 6.07 Å². The molecule has 0 aliphatic heterocycles. The minimum Gasteiger partial charge on any atom is -0.479 e. The van der Waals surface area contributed by atoms with Crippen molar-refractivity contribution < 1.29 is 32.0 Å². The third kappa shape index (κ3) is 5.65. The molecule has 2 heterocycles. The van der Waals surface area contributed by atoms with E-state index in [4.69, 9.17) is 9.15 Å². The smallest absolute Gasteiger partial charge is 0.435 e. The number of aromatic nitrogens is 2. The molecule has 1 aromatic carbocycles. The average Bonchev–Trinajstić information content (AvgIpc) is 3.36. The van der Waals surface area contributed by atoms with Crippen molar-refractivity contribution in [1.82, 2.24) is 15.1 Å². The van der Waals surface area contributed by atoms with Crippen LogP contribution >= 0.6 is 0 Å². The van der Waals surface area contributed by atoms with Gasteiger partial charge in [0.15, 0.2) is 17.2 Å². The molecule has 3 aromatic rings. The molecule has 0 saturated heterocycles. The molecule has 9 nitrogen and oxygen atoms in total. The number of carbonyl (C=O) groups is 1. The Labute approximate surface area is 179 Å². The Morgan fingerprint density at radius 1 is 1.28 bits per heavy atom. The van der Waals surface area contributed by atoms with Crippen molar-refractivity contribution in [2.75, 3.05) is 6.54 Å². The Morgan fingerprint density at radius 2 is 2.03 bits per heavy atom. The number of furan rings is 1. The number of nitro benzene ring substituents is 1. The topological polar surface area (TPSA) is 112 Å². The number of rotatable bonds is 9. The third-order valence-corrected chi connectivity index (χ3v) is 4.42. The summed E-state index contributed by atoms with van der Waals surface area (Å²) >= 11 is 0. The normalized spacial score (nSPS) is 11.4. The quantitative estimate of drug-likeness (QED) is 0.297. The molecule has 0 bridgehead atoms. The summed E-state index contributed by atoms with van der Waals surface area (Å²) in [5, 5.41) is 17.1. The summed E-state index contributed by atoms with van der Waals surface area (Å²) in [5.74, 6) is -0.126. The average molecular weight is 452 g/mol. The van der Waals surface area contributed by atoms with Gasteiger partial charge in [-0.2, -0.15) is 18.3 Å². The van der Waals surface area contributed by atoms with Gasteiger partial charge < -0.3 is 14.5 Å². The van der Waals surface area contributed by atoms with Crippen LogP contribution < -0.4 is 10.1 Å². The second kappa shape index (κ2) is 9.54.